The van der Waals surface area contributed by atoms with Crippen molar-refractivity contribution in [2.75, 3.05) is 7.05 Å². The number of nitrogens with one attached hydrogen (secondary N) is 1. The first kappa shape index (κ1) is 13.6. The molecule has 0 fully saturated rings. The van der Waals surface area contributed by atoms with Gasteiger partial charge in [0, 0.05) is 6.54 Å². The van der Waals surface area contributed by atoms with Gasteiger partial charge in [-0.05, 0) is 30.2 Å². The molecule has 0 saturated carbocycles. The lowest BCUT2D eigenvalue weighted by Gasteiger charge is -2.18. The van der Waals surface area contributed by atoms with Gasteiger partial charge in [0.1, 0.15) is 12.0 Å². The number of benzene rings is 1. The predicted molar refractivity (Wildman–Crippen MR) is 74.5 cm³/mol. The fraction of sp³-hybridized carbons (Fsp3) is 0.400. The van der Waals surface area contributed by atoms with Gasteiger partial charge in [0.05, 0.1) is 5.69 Å². The Morgan fingerprint density at radius 1 is 1.21 bits per heavy atom. The molecule has 0 unspecified atom stereocenters. The van der Waals surface area contributed by atoms with Gasteiger partial charge in [0.15, 0.2) is 0 Å². The van der Waals surface area contributed by atoms with Gasteiger partial charge >= 0.3 is 6.08 Å². The first-order chi connectivity index (χ1) is 8.99. The number of hydrogen-bond donors (Lipinski definition) is 1. The lowest BCUT2D eigenvalue weighted by Crippen LogP contribution is -2.10. The minimum Gasteiger partial charge on any atom is -0.417 e. The molecular formula is C15H20N2O2. The van der Waals surface area contributed by atoms with E-state index in [1.165, 1.54) is 5.56 Å². The molecule has 0 saturated heterocycles. The van der Waals surface area contributed by atoms with Crippen LogP contribution in [-0.2, 0) is 12.0 Å². The number of rotatable bonds is 4. The van der Waals surface area contributed by atoms with Crippen molar-refractivity contribution in [2.24, 2.45) is 0 Å². The van der Waals surface area contributed by atoms with Crippen molar-refractivity contribution in [2.45, 2.75) is 32.7 Å². The summed E-state index contributed by atoms with van der Waals surface area (Å²) in [6.45, 7) is 7.21. The second-order valence-electron chi connectivity index (χ2n) is 5.51. The molecule has 0 aliphatic heterocycles. The van der Waals surface area contributed by atoms with Gasteiger partial charge in [-0.1, -0.05) is 32.9 Å². The van der Waals surface area contributed by atoms with E-state index in [2.05, 4.69) is 43.2 Å². The first-order valence-electron chi connectivity index (χ1n) is 6.36. The molecule has 0 bridgehead atoms. The standard InChI is InChI=1S/C15H20N2O2/c1-15(2,3)11-5-7-13(8-6-11)19-14-17-12(9-16-4)10-18-14/h5-8,10,16H,9H2,1-4H3. The number of aromatic nitrogens is 1. The molecule has 0 spiro atoms. The molecule has 0 atom stereocenters. The highest BCUT2D eigenvalue weighted by molar-refractivity contribution is 5.32. The lowest BCUT2D eigenvalue weighted by atomic mass is 9.87. The molecule has 1 aromatic heterocycles. The summed E-state index contributed by atoms with van der Waals surface area (Å²) in [7, 11) is 1.86. The van der Waals surface area contributed by atoms with Crippen LogP contribution < -0.4 is 10.1 Å². The third kappa shape index (κ3) is 3.58. The summed E-state index contributed by atoms with van der Waals surface area (Å²) in [6.07, 6.45) is 1.86. The van der Waals surface area contributed by atoms with Gasteiger partial charge in [-0.15, -0.1) is 0 Å². The maximum Gasteiger partial charge on any atom is 0.399 e. The van der Waals surface area contributed by atoms with Crippen molar-refractivity contribution in [3.63, 3.8) is 0 Å². The fourth-order valence-electron chi connectivity index (χ4n) is 1.72. The van der Waals surface area contributed by atoms with Crippen molar-refractivity contribution in [3.8, 4) is 11.8 Å². The van der Waals surface area contributed by atoms with E-state index in [4.69, 9.17) is 9.15 Å². The summed E-state index contributed by atoms with van der Waals surface area (Å²) in [6, 6.07) is 7.99. The molecule has 102 valence electrons. The molecule has 4 heteroatoms. The predicted octanol–water partition coefficient (Wildman–Crippen LogP) is 3.48. The molecule has 1 aromatic carbocycles. The van der Waals surface area contributed by atoms with E-state index in [9.17, 15) is 0 Å². The summed E-state index contributed by atoms with van der Waals surface area (Å²) >= 11 is 0. The van der Waals surface area contributed by atoms with Crippen LogP contribution in [0.15, 0.2) is 34.9 Å². The smallest absolute Gasteiger partial charge is 0.399 e. The highest BCUT2D eigenvalue weighted by Crippen LogP contribution is 2.26. The minimum atomic E-state index is 0.140. The molecule has 0 aliphatic carbocycles. The normalized spacial score (nSPS) is 11.6. The number of hydrogen-bond acceptors (Lipinski definition) is 4. The molecule has 19 heavy (non-hydrogen) atoms. The van der Waals surface area contributed by atoms with Crippen molar-refractivity contribution in [1.29, 1.82) is 0 Å². The molecule has 0 aliphatic rings. The van der Waals surface area contributed by atoms with Crippen LogP contribution in [0.25, 0.3) is 0 Å². The van der Waals surface area contributed by atoms with E-state index in [0.29, 0.717) is 6.54 Å². The van der Waals surface area contributed by atoms with Gasteiger partial charge in [-0.25, -0.2) is 0 Å². The molecule has 1 heterocycles. The summed E-state index contributed by atoms with van der Waals surface area (Å²) < 4.78 is 10.8. The Labute approximate surface area is 113 Å². The van der Waals surface area contributed by atoms with Gasteiger partial charge in [0.25, 0.3) is 0 Å². The zero-order chi connectivity index (χ0) is 13.9. The van der Waals surface area contributed by atoms with E-state index in [0.717, 1.165) is 11.4 Å². The fourth-order valence-corrected chi connectivity index (χ4v) is 1.72. The van der Waals surface area contributed by atoms with Crippen LogP contribution in [0.4, 0.5) is 0 Å². The summed E-state index contributed by atoms with van der Waals surface area (Å²) in [5, 5.41) is 3.01. The monoisotopic (exact) mass is 260 g/mol. The van der Waals surface area contributed by atoms with Gasteiger partial charge < -0.3 is 14.5 Å². The molecule has 1 N–H and O–H groups in total. The van der Waals surface area contributed by atoms with E-state index in [1.54, 1.807) is 6.26 Å². The van der Waals surface area contributed by atoms with Crippen molar-refractivity contribution in [3.05, 3.63) is 41.8 Å². The minimum absolute atomic E-state index is 0.140. The topological polar surface area (TPSA) is 47.3 Å². The van der Waals surface area contributed by atoms with Gasteiger partial charge in [-0.2, -0.15) is 4.98 Å². The zero-order valence-corrected chi connectivity index (χ0v) is 11.9. The molecule has 4 nitrogen and oxygen atoms in total. The van der Waals surface area contributed by atoms with Crippen LogP contribution in [-0.4, -0.2) is 12.0 Å². The second-order valence-corrected chi connectivity index (χ2v) is 5.51. The molecule has 0 amide bonds. The van der Waals surface area contributed by atoms with Crippen LogP contribution in [0.5, 0.6) is 11.8 Å². The van der Waals surface area contributed by atoms with Crippen molar-refractivity contribution in [1.82, 2.24) is 10.3 Å². The highest BCUT2D eigenvalue weighted by Gasteiger charge is 2.13. The zero-order valence-electron chi connectivity index (χ0n) is 11.9. The molecule has 0 radical (unpaired) electrons. The average molecular weight is 260 g/mol. The Kier molecular flexibility index (Phi) is 3.90. The van der Waals surface area contributed by atoms with E-state index >= 15 is 0 Å². The Morgan fingerprint density at radius 2 is 1.89 bits per heavy atom. The quantitative estimate of drug-likeness (QED) is 0.914. The molecule has 2 rings (SSSR count). The second kappa shape index (κ2) is 5.45. The maximum atomic E-state index is 5.57. The molecular weight excluding hydrogens is 240 g/mol. The lowest BCUT2D eigenvalue weighted by molar-refractivity contribution is 0.330. The van der Waals surface area contributed by atoms with E-state index in [-0.39, 0.29) is 11.5 Å². The van der Waals surface area contributed by atoms with E-state index in [1.807, 2.05) is 19.2 Å². The van der Waals surface area contributed by atoms with Crippen molar-refractivity contribution < 1.29 is 9.15 Å². The SMILES string of the molecule is CNCc1coc(Oc2ccc(C(C)(C)C)cc2)n1. The third-order valence-electron chi connectivity index (χ3n) is 2.81. The average Bonchev–Trinajstić information content (AvgIpc) is 2.77. The van der Waals surface area contributed by atoms with Gasteiger partial charge in [-0.3, -0.25) is 0 Å². The van der Waals surface area contributed by atoms with Crippen molar-refractivity contribution >= 4 is 0 Å². The summed E-state index contributed by atoms with van der Waals surface area (Å²) in [4.78, 5) is 4.22. The van der Waals surface area contributed by atoms with E-state index < -0.39 is 0 Å². The van der Waals surface area contributed by atoms with Crippen LogP contribution in [0.1, 0.15) is 32.0 Å². The Morgan fingerprint density at radius 3 is 2.47 bits per heavy atom. The third-order valence-corrected chi connectivity index (χ3v) is 2.81. The maximum absolute atomic E-state index is 5.57. The number of nitrogens with zero attached hydrogens (tertiary/aromatic N) is 1. The largest absolute Gasteiger partial charge is 0.417 e. The number of oxazole rings is 1. The summed E-state index contributed by atoms with van der Waals surface area (Å²) in [5.41, 5.74) is 2.23. The Hall–Kier alpha value is -1.81. The van der Waals surface area contributed by atoms with Crippen LogP contribution in [0, 0.1) is 0 Å². The van der Waals surface area contributed by atoms with Gasteiger partial charge in [0.2, 0.25) is 0 Å². The number of ether oxygens (including phenoxy) is 1. The Bertz CT molecular complexity index is 524. The van der Waals surface area contributed by atoms with Crippen LogP contribution >= 0.6 is 0 Å². The summed E-state index contributed by atoms with van der Waals surface area (Å²) in [5.74, 6) is 0.728. The highest BCUT2D eigenvalue weighted by atomic mass is 16.6. The Balaban J connectivity index is 2.06. The van der Waals surface area contributed by atoms with Crippen LogP contribution in [0.2, 0.25) is 0 Å². The van der Waals surface area contributed by atoms with Crippen LogP contribution in [0.3, 0.4) is 0 Å². The first-order valence-corrected chi connectivity index (χ1v) is 6.36. The molecule has 2 aromatic rings.